The van der Waals surface area contributed by atoms with Crippen LogP contribution in [0.25, 0.3) is 0 Å². The van der Waals surface area contributed by atoms with Gasteiger partial charge in [-0.15, -0.1) is 0 Å². The summed E-state index contributed by atoms with van der Waals surface area (Å²) in [6, 6.07) is 0. The maximum Gasteiger partial charge on any atom is 0.278 e. The zero-order valence-corrected chi connectivity index (χ0v) is 6.55. The Kier molecular flexibility index (Phi) is 3.04. The van der Waals surface area contributed by atoms with E-state index >= 15 is 0 Å². The zero-order chi connectivity index (χ0) is 8.97. The minimum atomic E-state index is -1.07. The molecule has 0 saturated carbocycles. The van der Waals surface area contributed by atoms with Crippen molar-refractivity contribution in [2.75, 3.05) is 6.61 Å². The van der Waals surface area contributed by atoms with Crippen molar-refractivity contribution in [2.45, 2.75) is 19.1 Å². The smallest absolute Gasteiger partial charge is 0.278 e. The first-order valence-corrected chi connectivity index (χ1v) is 3.73. The van der Waals surface area contributed by atoms with Gasteiger partial charge in [0.05, 0.1) is 0 Å². The van der Waals surface area contributed by atoms with Crippen LogP contribution in [-0.4, -0.2) is 18.7 Å². The Morgan fingerprint density at radius 1 is 1.75 bits per heavy atom. The van der Waals surface area contributed by atoms with Crippen molar-refractivity contribution in [2.24, 2.45) is 5.73 Å². The number of nitrogens with two attached hydrogens (primary N) is 1. The molecule has 1 aliphatic rings. The van der Waals surface area contributed by atoms with Crippen LogP contribution in [0.2, 0.25) is 0 Å². The SMILES string of the molecule is NC(=O)/C(F)=C\NC1CCCO1. The molecule has 0 spiro atoms. The molecule has 0 aromatic rings. The summed E-state index contributed by atoms with van der Waals surface area (Å²) in [7, 11) is 0. The summed E-state index contributed by atoms with van der Waals surface area (Å²) in [5, 5.41) is 2.60. The molecule has 5 heteroatoms. The van der Waals surface area contributed by atoms with Gasteiger partial charge in [0.2, 0.25) is 5.83 Å². The Hall–Kier alpha value is -1.10. The highest BCUT2D eigenvalue weighted by Crippen LogP contribution is 2.09. The van der Waals surface area contributed by atoms with E-state index < -0.39 is 11.7 Å². The zero-order valence-electron chi connectivity index (χ0n) is 6.55. The van der Waals surface area contributed by atoms with Gasteiger partial charge in [-0.3, -0.25) is 4.79 Å². The molecule has 0 aliphatic carbocycles. The number of rotatable bonds is 3. The minimum Gasteiger partial charge on any atom is -0.364 e. The molecule has 3 N–H and O–H groups in total. The van der Waals surface area contributed by atoms with Crippen LogP contribution >= 0.6 is 0 Å². The van der Waals surface area contributed by atoms with Gasteiger partial charge in [-0.25, -0.2) is 0 Å². The van der Waals surface area contributed by atoms with Crippen LogP contribution in [0.4, 0.5) is 4.39 Å². The molecule has 12 heavy (non-hydrogen) atoms. The predicted octanol–water partition coefficient (Wildman–Crippen LogP) is 0.00870. The molecular formula is C7H11FN2O2. The Labute approximate surface area is 69.6 Å². The monoisotopic (exact) mass is 174 g/mol. The third kappa shape index (κ3) is 2.50. The van der Waals surface area contributed by atoms with Crippen LogP contribution < -0.4 is 11.1 Å². The average molecular weight is 174 g/mol. The summed E-state index contributed by atoms with van der Waals surface area (Å²) >= 11 is 0. The van der Waals surface area contributed by atoms with Crippen LogP contribution in [0.15, 0.2) is 12.0 Å². The Balaban J connectivity index is 2.31. The Morgan fingerprint density at radius 3 is 3.00 bits per heavy atom. The maximum absolute atomic E-state index is 12.4. The van der Waals surface area contributed by atoms with Crippen LogP contribution in [0.3, 0.4) is 0 Å². The predicted molar refractivity (Wildman–Crippen MR) is 40.5 cm³/mol. The normalized spacial score (nSPS) is 24.1. The Morgan fingerprint density at radius 2 is 2.50 bits per heavy atom. The van der Waals surface area contributed by atoms with E-state index in [1.807, 2.05) is 0 Å². The van der Waals surface area contributed by atoms with Crippen molar-refractivity contribution >= 4 is 5.91 Å². The fourth-order valence-corrected chi connectivity index (χ4v) is 0.946. The number of carbonyl (C=O) groups excluding carboxylic acids is 1. The molecule has 1 rings (SSSR count). The van der Waals surface area contributed by atoms with Gasteiger partial charge < -0.3 is 15.8 Å². The van der Waals surface area contributed by atoms with E-state index in [4.69, 9.17) is 4.74 Å². The third-order valence-corrected chi connectivity index (χ3v) is 1.56. The molecule has 1 atom stereocenters. The molecule has 1 aliphatic heterocycles. The molecule has 1 saturated heterocycles. The molecular weight excluding hydrogens is 163 g/mol. The lowest BCUT2D eigenvalue weighted by Gasteiger charge is -2.07. The average Bonchev–Trinajstić information content (AvgIpc) is 2.51. The first-order valence-electron chi connectivity index (χ1n) is 3.73. The molecule has 1 fully saturated rings. The molecule has 0 aromatic heterocycles. The van der Waals surface area contributed by atoms with Crippen LogP contribution in [0.5, 0.6) is 0 Å². The summed E-state index contributed by atoms with van der Waals surface area (Å²) in [6.45, 7) is 0.670. The van der Waals surface area contributed by atoms with Crippen LogP contribution in [0, 0.1) is 0 Å². The molecule has 1 heterocycles. The van der Waals surface area contributed by atoms with E-state index in [2.05, 4.69) is 11.1 Å². The molecule has 0 aromatic carbocycles. The van der Waals surface area contributed by atoms with Gasteiger partial charge in [-0.2, -0.15) is 4.39 Å². The maximum atomic E-state index is 12.4. The van der Waals surface area contributed by atoms with Gasteiger partial charge in [0.1, 0.15) is 6.23 Å². The van der Waals surface area contributed by atoms with Crippen molar-refractivity contribution in [1.29, 1.82) is 0 Å². The molecule has 1 amide bonds. The topological polar surface area (TPSA) is 64.4 Å². The number of ether oxygens (including phenoxy) is 1. The van der Waals surface area contributed by atoms with Gasteiger partial charge in [0.15, 0.2) is 0 Å². The second-order valence-electron chi connectivity index (χ2n) is 2.52. The molecule has 0 bridgehead atoms. The van der Waals surface area contributed by atoms with E-state index in [0.717, 1.165) is 19.0 Å². The quantitative estimate of drug-likeness (QED) is 0.592. The second kappa shape index (κ2) is 4.06. The summed E-state index contributed by atoms with van der Waals surface area (Å²) in [5.74, 6) is -2.05. The van der Waals surface area contributed by atoms with E-state index in [1.54, 1.807) is 0 Å². The first-order chi connectivity index (χ1) is 5.70. The number of halogens is 1. The number of nitrogens with one attached hydrogen (secondary N) is 1. The van der Waals surface area contributed by atoms with Crippen molar-refractivity contribution < 1.29 is 13.9 Å². The summed E-state index contributed by atoms with van der Waals surface area (Å²) in [4.78, 5) is 10.2. The number of hydrogen-bond donors (Lipinski definition) is 2. The van der Waals surface area contributed by atoms with E-state index in [9.17, 15) is 9.18 Å². The van der Waals surface area contributed by atoms with Gasteiger partial charge >= 0.3 is 0 Å². The Bertz CT molecular complexity index is 200. The lowest BCUT2D eigenvalue weighted by Crippen LogP contribution is -2.24. The minimum absolute atomic E-state index is 0.185. The fraction of sp³-hybridized carbons (Fsp3) is 0.571. The van der Waals surface area contributed by atoms with E-state index in [-0.39, 0.29) is 6.23 Å². The van der Waals surface area contributed by atoms with Crippen molar-refractivity contribution in [3.63, 3.8) is 0 Å². The van der Waals surface area contributed by atoms with Crippen LogP contribution in [-0.2, 0) is 9.53 Å². The van der Waals surface area contributed by atoms with Gasteiger partial charge in [-0.05, 0) is 12.8 Å². The van der Waals surface area contributed by atoms with E-state index in [1.165, 1.54) is 0 Å². The lowest BCUT2D eigenvalue weighted by atomic mass is 10.3. The van der Waals surface area contributed by atoms with Gasteiger partial charge in [0.25, 0.3) is 5.91 Å². The van der Waals surface area contributed by atoms with E-state index in [0.29, 0.717) is 6.61 Å². The largest absolute Gasteiger partial charge is 0.364 e. The fourth-order valence-electron chi connectivity index (χ4n) is 0.946. The first kappa shape index (κ1) is 8.99. The standard InChI is InChI=1S/C7H11FN2O2/c8-5(7(9)11)4-10-6-2-1-3-12-6/h4,6,10H,1-3H2,(H2,9,11)/b5-4+. The van der Waals surface area contributed by atoms with Crippen molar-refractivity contribution in [1.82, 2.24) is 5.32 Å². The number of primary amides is 1. The highest BCUT2D eigenvalue weighted by Gasteiger charge is 2.13. The van der Waals surface area contributed by atoms with Crippen LogP contribution in [0.1, 0.15) is 12.8 Å². The lowest BCUT2D eigenvalue weighted by molar-refractivity contribution is -0.115. The highest BCUT2D eigenvalue weighted by atomic mass is 19.1. The summed E-state index contributed by atoms with van der Waals surface area (Å²) in [6.07, 6.45) is 2.53. The number of amides is 1. The number of carbonyl (C=O) groups is 1. The molecule has 0 radical (unpaired) electrons. The summed E-state index contributed by atoms with van der Waals surface area (Å²) in [5.41, 5.74) is 4.66. The highest BCUT2D eigenvalue weighted by molar-refractivity contribution is 5.89. The third-order valence-electron chi connectivity index (χ3n) is 1.56. The molecule has 4 nitrogen and oxygen atoms in total. The molecule has 68 valence electrons. The molecule has 1 unspecified atom stereocenters. The number of hydrogen-bond acceptors (Lipinski definition) is 3. The second-order valence-corrected chi connectivity index (χ2v) is 2.52. The van der Waals surface area contributed by atoms with Crippen molar-refractivity contribution in [3.8, 4) is 0 Å². The van der Waals surface area contributed by atoms with Gasteiger partial charge in [-0.1, -0.05) is 0 Å². The summed E-state index contributed by atoms with van der Waals surface area (Å²) < 4.78 is 17.6. The van der Waals surface area contributed by atoms with Crippen molar-refractivity contribution in [3.05, 3.63) is 12.0 Å². The van der Waals surface area contributed by atoms with Gasteiger partial charge in [0, 0.05) is 12.8 Å².